The summed E-state index contributed by atoms with van der Waals surface area (Å²) in [4.78, 5) is 0. The standard InChI is InChI=1S/C14H23FN2/c1-4-5-10(2)8-14(17-16)12-7-6-11(3)13(15)9-12/h6-7,9-10,14,17H,4-5,8,16H2,1-3H3. The van der Waals surface area contributed by atoms with Crippen LogP contribution < -0.4 is 11.3 Å². The van der Waals surface area contributed by atoms with Crippen LogP contribution in [0, 0.1) is 18.7 Å². The zero-order chi connectivity index (χ0) is 12.8. The van der Waals surface area contributed by atoms with Gasteiger partial charge in [0.2, 0.25) is 0 Å². The molecular weight excluding hydrogens is 215 g/mol. The maximum absolute atomic E-state index is 13.5. The maximum Gasteiger partial charge on any atom is 0.126 e. The second-order valence-corrected chi connectivity index (χ2v) is 4.86. The molecule has 17 heavy (non-hydrogen) atoms. The molecule has 2 atom stereocenters. The van der Waals surface area contributed by atoms with Gasteiger partial charge in [-0.15, -0.1) is 0 Å². The molecule has 3 N–H and O–H groups in total. The van der Waals surface area contributed by atoms with Gasteiger partial charge in [0.05, 0.1) is 0 Å². The number of halogens is 1. The largest absolute Gasteiger partial charge is 0.271 e. The lowest BCUT2D eigenvalue weighted by Gasteiger charge is -2.20. The summed E-state index contributed by atoms with van der Waals surface area (Å²) in [6.07, 6.45) is 3.28. The first-order valence-electron chi connectivity index (χ1n) is 6.30. The van der Waals surface area contributed by atoms with Crippen molar-refractivity contribution in [3.05, 3.63) is 35.1 Å². The van der Waals surface area contributed by atoms with Gasteiger partial charge in [-0.05, 0) is 36.5 Å². The van der Waals surface area contributed by atoms with E-state index in [4.69, 9.17) is 5.84 Å². The molecule has 0 bridgehead atoms. The van der Waals surface area contributed by atoms with Gasteiger partial charge in [0.25, 0.3) is 0 Å². The first-order chi connectivity index (χ1) is 8.08. The number of hydrogen-bond acceptors (Lipinski definition) is 2. The minimum Gasteiger partial charge on any atom is -0.271 e. The highest BCUT2D eigenvalue weighted by Crippen LogP contribution is 2.24. The number of hydrazine groups is 1. The molecule has 0 radical (unpaired) electrons. The van der Waals surface area contributed by atoms with Crippen molar-refractivity contribution in [2.75, 3.05) is 0 Å². The van der Waals surface area contributed by atoms with Crippen molar-refractivity contribution in [1.82, 2.24) is 5.43 Å². The van der Waals surface area contributed by atoms with Crippen LogP contribution in [-0.2, 0) is 0 Å². The van der Waals surface area contributed by atoms with Gasteiger partial charge in [-0.25, -0.2) is 4.39 Å². The highest BCUT2D eigenvalue weighted by Gasteiger charge is 2.14. The highest BCUT2D eigenvalue weighted by atomic mass is 19.1. The maximum atomic E-state index is 13.5. The Balaban J connectivity index is 2.75. The van der Waals surface area contributed by atoms with E-state index in [1.165, 1.54) is 12.8 Å². The van der Waals surface area contributed by atoms with Crippen molar-refractivity contribution >= 4 is 0 Å². The van der Waals surface area contributed by atoms with E-state index < -0.39 is 0 Å². The van der Waals surface area contributed by atoms with Crippen molar-refractivity contribution in [1.29, 1.82) is 0 Å². The third-order valence-electron chi connectivity index (χ3n) is 3.22. The van der Waals surface area contributed by atoms with Crippen LogP contribution in [0.2, 0.25) is 0 Å². The van der Waals surface area contributed by atoms with Crippen molar-refractivity contribution in [2.24, 2.45) is 11.8 Å². The van der Waals surface area contributed by atoms with E-state index in [-0.39, 0.29) is 11.9 Å². The van der Waals surface area contributed by atoms with Gasteiger partial charge in [-0.2, -0.15) is 0 Å². The summed E-state index contributed by atoms with van der Waals surface area (Å²) in [5.41, 5.74) is 4.39. The summed E-state index contributed by atoms with van der Waals surface area (Å²) < 4.78 is 13.5. The smallest absolute Gasteiger partial charge is 0.126 e. The van der Waals surface area contributed by atoms with Crippen molar-refractivity contribution in [2.45, 2.75) is 46.1 Å². The fourth-order valence-electron chi connectivity index (χ4n) is 2.14. The van der Waals surface area contributed by atoms with Crippen LogP contribution in [0.25, 0.3) is 0 Å². The van der Waals surface area contributed by atoms with Gasteiger partial charge in [0.1, 0.15) is 5.82 Å². The van der Waals surface area contributed by atoms with Gasteiger partial charge in [0, 0.05) is 6.04 Å². The predicted octanol–water partition coefficient (Wildman–Crippen LogP) is 3.46. The molecule has 3 heteroatoms. The minimum absolute atomic E-state index is 0.0339. The lowest BCUT2D eigenvalue weighted by molar-refractivity contribution is 0.393. The monoisotopic (exact) mass is 238 g/mol. The predicted molar refractivity (Wildman–Crippen MR) is 69.9 cm³/mol. The molecule has 1 rings (SSSR count). The average Bonchev–Trinajstić information content (AvgIpc) is 2.30. The molecule has 1 aromatic rings. The molecule has 96 valence electrons. The summed E-state index contributed by atoms with van der Waals surface area (Å²) >= 11 is 0. The molecule has 0 spiro atoms. The quantitative estimate of drug-likeness (QED) is 0.588. The Morgan fingerprint density at radius 2 is 2.12 bits per heavy atom. The van der Waals surface area contributed by atoms with Crippen LogP contribution in [0.4, 0.5) is 4.39 Å². The second-order valence-electron chi connectivity index (χ2n) is 4.86. The van der Waals surface area contributed by atoms with E-state index in [1.807, 2.05) is 6.07 Å². The zero-order valence-electron chi connectivity index (χ0n) is 11.0. The average molecular weight is 238 g/mol. The number of rotatable bonds is 6. The van der Waals surface area contributed by atoms with Crippen LogP contribution >= 0.6 is 0 Å². The Morgan fingerprint density at radius 1 is 1.41 bits per heavy atom. The Labute approximate surface area is 103 Å². The van der Waals surface area contributed by atoms with E-state index in [9.17, 15) is 4.39 Å². The van der Waals surface area contributed by atoms with E-state index in [2.05, 4.69) is 19.3 Å². The first kappa shape index (κ1) is 14.1. The molecular formula is C14H23FN2. The van der Waals surface area contributed by atoms with Gasteiger partial charge >= 0.3 is 0 Å². The summed E-state index contributed by atoms with van der Waals surface area (Å²) in [7, 11) is 0. The molecule has 0 saturated heterocycles. The molecule has 0 aliphatic carbocycles. The fourth-order valence-corrected chi connectivity index (χ4v) is 2.14. The van der Waals surface area contributed by atoms with E-state index >= 15 is 0 Å². The summed E-state index contributed by atoms with van der Waals surface area (Å²) in [6, 6.07) is 5.37. The summed E-state index contributed by atoms with van der Waals surface area (Å²) in [5, 5.41) is 0. The van der Waals surface area contributed by atoms with Gasteiger partial charge in [0.15, 0.2) is 0 Å². The second kappa shape index (κ2) is 6.72. The Kier molecular flexibility index (Phi) is 5.59. The normalized spacial score (nSPS) is 14.6. The summed E-state index contributed by atoms with van der Waals surface area (Å²) in [6.45, 7) is 6.15. The van der Waals surface area contributed by atoms with Crippen LogP contribution in [0.5, 0.6) is 0 Å². The number of hydrogen-bond donors (Lipinski definition) is 2. The van der Waals surface area contributed by atoms with Crippen LogP contribution in [0.3, 0.4) is 0 Å². The molecule has 0 amide bonds. The Bertz CT molecular complexity index is 352. The SMILES string of the molecule is CCCC(C)CC(NN)c1ccc(C)c(F)c1. The molecule has 0 aromatic heterocycles. The number of aryl methyl sites for hydroxylation is 1. The Hall–Kier alpha value is -0.930. The van der Waals surface area contributed by atoms with Crippen molar-refractivity contribution in [3.8, 4) is 0 Å². The van der Waals surface area contributed by atoms with Gasteiger partial charge < -0.3 is 0 Å². The Morgan fingerprint density at radius 3 is 2.65 bits per heavy atom. The minimum atomic E-state index is -0.161. The van der Waals surface area contributed by atoms with E-state index in [0.29, 0.717) is 11.5 Å². The summed E-state index contributed by atoms with van der Waals surface area (Å²) in [5.74, 6) is 5.99. The number of nitrogens with two attached hydrogens (primary N) is 1. The van der Waals surface area contributed by atoms with Gasteiger partial charge in [-0.1, -0.05) is 38.8 Å². The van der Waals surface area contributed by atoms with Crippen molar-refractivity contribution < 1.29 is 4.39 Å². The molecule has 1 aromatic carbocycles. The number of nitrogens with one attached hydrogen (secondary N) is 1. The molecule has 0 heterocycles. The third kappa shape index (κ3) is 4.10. The lowest BCUT2D eigenvalue weighted by atomic mass is 9.93. The number of benzene rings is 1. The highest BCUT2D eigenvalue weighted by molar-refractivity contribution is 5.25. The third-order valence-corrected chi connectivity index (χ3v) is 3.22. The zero-order valence-corrected chi connectivity index (χ0v) is 11.0. The fraction of sp³-hybridized carbons (Fsp3) is 0.571. The molecule has 0 aliphatic rings. The van der Waals surface area contributed by atoms with Crippen LogP contribution in [-0.4, -0.2) is 0 Å². The van der Waals surface area contributed by atoms with Crippen LogP contribution in [0.1, 0.15) is 50.3 Å². The first-order valence-corrected chi connectivity index (χ1v) is 6.30. The van der Waals surface area contributed by atoms with Gasteiger partial charge in [-0.3, -0.25) is 11.3 Å². The molecule has 2 unspecified atom stereocenters. The van der Waals surface area contributed by atoms with E-state index in [0.717, 1.165) is 12.0 Å². The topological polar surface area (TPSA) is 38.0 Å². The van der Waals surface area contributed by atoms with E-state index in [1.54, 1.807) is 19.1 Å². The molecule has 0 saturated carbocycles. The van der Waals surface area contributed by atoms with Crippen LogP contribution in [0.15, 0.2) is 18.2 Å². The lowest BCUT2D eigenvalue weighted by Crippen LogP contribution is -2.29. The van der Waals surface area contributed by atoms with Crippen molar-refractivity contribution in [3.63, 3.8) is 0 Å². The molecule has 0 fully saturated rings. The molecule has 0 aliphatic heterocycles. The molecule has 2 nitrogen and oxygen atoms in total.